The molecule has 2 atom stereocenters. The van der Waals surface area contributed by atoms with E-state index in [2.05, 4.69) is 27.5 Å². The first-order valence-electron chi connectivity index (χ1n) is 6.93. The van der Waals surface area contributed by atoms with Gasteiger partial charge in [0.2, 0.25) is 0 Å². The lowest BCUT2D eigenvalue weighted by molar-refractivity contribution is -0.142. The average Bonchev–Trinajstić information content (AvgIpc) is 2.88. The molecule has 2 amide bonds. The Morgan fingerprint density at radius 3 is 3.00 bits per heavy atom. The maximum Gasteiger partial charge on any atom is 0.338 e. The molecular weight excluding hydrogens is 385 g/mol. The van der Waals surface area contributed by atoms with E-state index in [0.717, 1.165) is 25.7 Å². The second-order valence-electron chi connectivity index (χ2n) is 5.26. The zero-order valence-electron chi connectivity index (χ0n) is 11.9. The number of carbonyl (C=O) groups is 2. The van der Waals surface area contributed by atoms with Gasteiger partial charge in [-0.1, -0.05) is 12.2 Å². The van der Waals surface area contributed by atoms with Gasteiger partial charge in [0.15, 0.2) is 3.55 Å². The first-order valence-corrected chi connectivity index (χ1v) is 8.01. The van der Waals surface area contributed by atoms with E-state index >= 15 is 0 Å². The SMILES string of the molecule is COC(=O)C(N)(I)CNC(=O)N[C@@H]1CCC2=C1CCC=C2. The smallest absolute Gasteiger partial charge is 0.338 e. The van der Waals surface area contributed by atoms with Crippen LogP contribution >= 0.6 is 22.6 Å². The van der Waals surface area contributed by atoms with Crippen LogP contribution in [0.15, 0.2) is 23.3 Å². The number of urea groups is 1. The molecule has 0 saturated carbocycles. The topological polar surface area (TPSA) is 93.4 Å². The molecule has 2 aliphatic rings. The molecule has 1 unspecified atom stereocenters. The fourth-order valence-electron chi connectivity index (χ4n) is 2.67. The van der Waals surface area contributed by atoms with Crippen molar-refractivity contribution in [3.63, 3.8) is 0 Å². The number of alkyl halides is 1. The highest BCUT2D eigenvalue weighted by molar-refractivity contribution is 14.1. The molecule has 116 valence electrons. The van der Waals surface area contributed by atoms with Gasteiger partial charge in [-0.2, -0.15) is 0 Å². The van der Waals surface area contributed by atoms with Crippen LogP contribution in [0.25, 0.3) is 0 Å². The van der Waals surface area contributed by atoms with Crippen LogP contribution in [-0.2, 0) is 9.53 Å². The quantitative estimate of drug-likeness (QED) is 0.285. The third-order valence-corrected chi connectivity index (χ3v) is 4.59. The Morgan fingerprint density at radius 2 is 2.29 bits per heavy atom. The average molecular weight is 405 g/mol. The highest BCUT2D eigenvalue weighted by Gasteiger charge is 2.33. The summed E-state index contributed by atoms with van der Waals surface area (Å²) in [7, 11) is 1.27. The van der Waals surface area contributed by atoms with Crippen molar-refractivity contribution in [3.8, 4) is 0 Å². The zero-order chi connectivity index (χ0) is 15.5. The van der Waals surface area contributed by atoms with Crippen molar-refractivity contribution in [1.82, 2.24) is 10.6 Å². The molecule has 0 aromatic rings. The van der Waals surface area contributed by atoms with E-state index in [9.17, 15) is 9.59 Å². The maximum absolute atomic E-state index is 12.0. The van der Waals surface area contributed by atoms with Gasteiger partial charge >= 0.3 is 12.0 Å². The zero-order valence-corrected chi connectivity index (χ0v) is 14.1. The van der Waals surface area contributed by atoms with Gasteiger partial charge in [-0.15, -0.1) is 0 Å². The molecular formula is C14H20IN3O3. The van der Waals surface area contributed by atoms with Crippen molar-refractivity contribution in [3.05, 3.63) is 23.3 Å². The summed E-state index contributed by atoms with van der Waals surface area (Å²) in [5, 5.41) is 5.59. The number of rotatable bonds is 4. The largest absolute Gasteiger partial charge is 0.467 e. The lowest BCUT2D eigenvalue weighted by Gasteiger charge is -2.22. The summed E-state index contributed by atoms with van der Waals surface area (Å²) < 4.78 is 3.34. The fourth-order valence-corrected chi connectivity index (χ4v) is 3.08. The van der Waals surface area contributed by atoms with E-state index in [1.54, 1.807) is 22.6 Å². The van der Waals surface area contributed by atoms with E-state index in [1.807, 2.05) is 0 Å². The van der Waals surface area contributed by atoms with Crippen molar-refractivity contribution < 1.29 is 14.3 Å². The molecule has 0 fully saturated rings. The van der Waals surface area contributed by atoms with Crippen LogP contribution in [0, 0.1) is 0 Å². The minimum Gasteiger partial charge on any atom is -0.467 e. The van der Waals surface area contributed by atoms with Crippen molar-refractivity contribution in [1.29, 1.82) is 0 Å². The number of nitrogens with two attached hydrogens (primary N) is 1. The van der Waals surface area contributed by atoms with Gasteiger partial charge in [-0.05, 0) is 59.4 Å². The van der Waals surface area contributed by atoms with Crippen LogP contribution in [-0.4, -0.2) is 35.2 Å². The number of esters is 1. The molecule has 4 N–H and O–H groups in total. The van der Waals surface area contributed by atoms with E-state index in [4.69, 9.17) is 5.73 Å². The number of carbonyl (C=O) groups excluding carboxylic acids is 2. The van der Waals surface area contributed by atoms with Crippen LogP contribution in [0.3, 0.4) is 0 Å². The first-order chi connectivity index (χ1) is 9.94. The standard InChI is InChI=1S/C14H20IN3O3/c1-21-12(19)14(15,16)8-17-13(20)18-11-7-6-9-4-2-3-5-10(9)11/h2,4,11H,3,5-8,16H2,1H3,(H2,17,18,20)/t11-,14?/m1/s1. The summed E-state index contributed by atoms with van der Waals surface area (Å²) in [6.07, 6.45) is 8.30. The molecule has 0 heterocycles. The molecule has 0 aromatic heterocycles. The summed E-state index contributed by atoms with van der Waals surface area (Å²) in [5.74, 6) is -0.563. The Hall–Kier alpha value is -1.09. The minimum absolute atomic E-state index is 0.0184. The Labute approximate surface area is 137 Å². The number of amides is 2. The number of hydrogen-bond acceptors (Lipinski definition) is 4. The van der Waals surface area contributed by atoms with Crippen molar-refractivity contribution in [2.75, 3.05) is 13.7 Å². The fraction of sp³-hybridized carbons (Fsp3) is 0.571. The lowest BCUT2D eigenvalue weighted by Crippen LogP contribution is -2.54. The Kier molecular flexibility index (Phi) is 5.26. The summed E-state index contributed by atoms with van der Waals surface area (Å²) in [5.41, 5.74) is 8.46. The predicted octanol–water partition coefficient (Wildman–Crippen LogP) is 1.36. The first kappa shape index (κ1) is 16.3. The molecule has 7 heteroatoms. The normalized spacial score (nSPS) is 23.3. The molecule has 0 spiro atoms. The van der Waals surface area contributed by atoms with Crippen molar-refractivity contribution in [2.45, 2.75) is 35.3 Å². The molecule has 2 aliphatic carbocycles. The van der Waals surface area contributed by atoms with Crippen LogP contribution in [0.4, 0.5) is 4.79 Å². The van der Waals surface area contributed by atoms with Crippen molar-refractivity contribution >= 4 is 34.6 Å². The summed E-state index contributed by atoms with van der Waals surface area (Å²) >= 11 is 1.77. The van der Waals surface area contributed by atoms with Crippen LogP contribution in [0.2, 0.25) is 0 Å². The Bertz CT molecular complexity index is 500. The number of methoxy groups -OCH3 is 1. The van der Waals surface area contributed by atoms with Gasteiger partial charge < -0.3 is 21.1 Å². The molecule has 0 bridgehead atoms. The molecule has 6 nitrogen and oxygen atoms in total. The summed E-state index contributed by atoms with van der Waals surface area (Å²) in [6, 6.07) is -0.219. The molecule has 0 aromatic carbocycles. The minimum atomic E-state index is -1.25. The Morgan fingerprint density at radius 1 is 1.52 bits per heavy atom. The van der Waals surface area contributed by atoms with Crippen LogP contribution in [0.5, 0.6) is 0 Å². The number of nitrogens with one attached hydrogen (secondary N) is 2. The molecule has 0 aliphatic heterocycles. The van der Waals surface area contributed by atoms with Gasteiger partial charge in [-0.25, -0.2) is 9.59 Å². The Balaban J connectivity index is 1.84. The highest BCUT2D eigenvalue weighted by Crippen LogP contribution is 2.33. The third kappa shape index (κ3) is 3.97. The second-order valence-corrected chi connectivity index (χ2v) is 7.19. The summed E-state index contributed by atoms with van der Waals surface area (Å²) in [6.45, 7) is 0.0184. The third-order valence-electron chi connectivity index (χ3n) is 3.77. The van der Waals surface area contributed by atoms with E-state index in [0.29, 0.717) is 0 Å². The lowest BCUT2D eigenvalue weighted by atomic mass is 9.98. The van der Waals surface area contributed by atoms with Gasteiger partial charge in [0, 0.05) is 0 Å². The van der Waals surface area contributed by atoms with Gasteiger partial charge in [-0.3, -0.25) is 0 Å². The summed E-state index contributed by atoms with van der Waals surface area (Å²) in [4.78, 5) is 23.4. The number of hydrogen-bond donors (Lipinski definition) is 3. The van der Waals surface area contributed by atoms with Crippen molar-refractivity contribution in [2.24, 2.45) is 5.73 Å². The van der Waals surface area contributed by atoms with Gasteiger partial charge in [0.1, 0.15) is 0 Å². The maximum atomic E-state index is 12.0. The molecule has 0 radical (unpaired) electrons. The molecule has 21 heavy (non-hydrogen) atoms. The van der Waals surface area contributed by atoms with Crippen LogP contribution in [0.1, 0.15) is 25.7 Å². The van der Waals surface area contributed by atoms with Gasteiger partial charge in [0.25, 0.3) is 0 Å². The molecule has 2 rings (SSSR count). The second kappa shape index (κ2) is 6.78. The van der Waals surface area contributed by atoms with Gasteiger partial charge in [0.05, 0.1) is 19.7 Å². The number of ether oxygens (including phenoxy) is 1. The number of halogens is 1. The monoisotopic (exact) mass is 405 g/mol. The highest BCUT2D eigenvalue weighted by atomic mass is 127. The van der Waals surface area contributed by atoms with Crippen LogP contribution < -0.4 is 16.4 Å². The van der Waals surface area contributed by atoms with E-state index < -0.39 is 9.51 Å². The van der Waals surface area contributed by atoms with E-state index in [-0.39, 0.29) is 18.6 Å². The number of allylic oxidation sites excluding steroid dienone is 3. The molecule has 0 saturated heterocycles. The van der Waals surface area contributed by atoms with E-state index in [1.165, 1.54) is 18.3 Å². The predicted molar refractivity (Wildman–Crippen MR) is 87.9 cm³/mol.